The van der Waals surface area contributed by atoms with Crippen LogP contribution >= 0.6 is 11.6 Å². The molecule has 0 saturated carbocycles. The van der Waals surface area contributed by atoms with Crippen molar-refractivity contribution in [3.63, 3.8) is 0 Å². The molecule has 0 bridgehead atoms. The van der Waals surface area contributed by atoms with Gasteiger partial charge in [-0.2, -0.15) is 4.73 Å². The van der Waals surface area contributed by atoms with Crippen LogP contribution in [0.5, 0.6) is 0 Å². The van der Waals surface area contributed by atoms with E-state index in [1.54, 1.807) is 6.07 Å². The minimum Gasteiger partial charge on any atom is -0.427 e. The van der Waals surface area contributed by atoms with Crippen LogP contribution in [0.4, 0.5) is 0 Å². The number of nitrogens with zero attached hydrogens (tertiary/aromatic N) is 3. The molecule has 2 aromatic rings. The van der Waals surface area contributed by atoms with E-state index in [9.17, 15) is 0 Å². The first-order valence-electron chi connectivity index (χ1n) is 2.96. The molecule has 0 aliphatic carbocycles. The fourth-order valence-electron chi connectivity index (χ4n) is 0.907. The average Bonchev–Trinajstić information content (AvgIpc) is 2.35. The standard InChI is InChI=1S/C6H4ClN3O/c7-5-4-1-2-10(11)6(4)9-3-8-5/h1-3,11H. The van der Waals surface area contributed by atoms with Crippen molar-refractivity contribution >= 4 is 22.6 Å². The Balaban J connectivity index is 2.94. The largest absolute Gasteiger partial charge is 0.427 e. The molecular weight excluding hydrogens is 166 g/mol. The Labute approximate surface area is 67.0 Å². The fraction of sp³-hybridized carbons (Fsp3) is 0. The van der Waals surface area contributed by atoms with E-state index < -0.39 is 0 Å². The maximum Gasteiger partial charge on any atom is 0.179 e. The molecule has 0 amide bonds. The molecule has 5 heteroatoms. The van der Waals surface area contributed by atoms with Gasteiger partial charge in [0.15, 0.2) is 5.65 Å². The van der Waals surface area contributed by atoms with Gasteiger partial charge in [0.1, 0.15) is 11.5 Å². The van der Waals surface area contributed by atoms with Gasteiger partial charge in [0, 0.05) is 6.20 Å². The molecule has 1 N–H and O–H groups in total. The van der Waals surface area contributed by atoms with Crippen LogP contribution in [-0.4, -0.2) is 19.9 Å². The summed E-state index contributed by atoms with van der Waals surface area (Å²) >= 11 is 5.69. The van der Waals surface area contributed by atoms with Crippen molar-refractivity contribution in [3.05, 3.63) is 23.7 Å². The van der Waals surface area contributed by atoms with Gasteiger partial charge in [0.25, 0.3) is 0 Å². The van der Waals surface area contributed by atoms with Gasteiger partial charge in [0.05, 0.1) is 5.39 Å². The molecule has 4 nitrogen and oxygen atoms in total. The monoisotopic (exact) mass is 169 g/mol. The van der Waals surface area contributed by atoms with E-state index in [2.05, 4.69) is 9.97 Å². The maximum absolute atomic E-state index is 9.10. The van der Waals surface area contributed by atoms with Crippen molar-refractivity contribution in [2.24, 2.45) is 0 Å². The van der Waals surface area contributed by atoms with Crippen molar-refractivity contribution in [2.45, 2.75) is 0 Å². The summed E-state index contributed by atoms with van der Waals surface area (Å²) in [7, 11) is 0. The molecule has 0 aliphatic heterocycles. The molecule has 0 radical (unpaired) electrons. The molecule has 0 aliphatic rings. The molecular formula is C6H4ClN3O. The van der Waals surface area contributed by atoms with Crippen LogP contribution in [0, 0.1) is 0 Å². The summed E-state index contributed by atoms with van der Waals surface area (Å²) in [4.78, 5) is 7.57. The van der Waals surface area contributed by atoms with Gasteiger partial charge in [-0.3, -0.25) is 0 Å². The van der Waals surface area contributed by atoms with Crippen molar-refractivity contribution in [3.8, 4) is 0 Å². The summed E-state index contributed by atoms with van der Waals surface area (Å²) in [5.74, 6) is 0. The SMILES string of the molecule is On1ccc2c(Cl)ncnc21. The second kappa shape index (κ2) is 2.10. The van der Waals surface area contributed by atoms with Gasteiger partial charge in [-0.15, -0.1) is 0 Å². The van der Waals surface area contributed by atoms with Crippen LogP contribution in [0.1, 0.15) is 0 Å². The van der Waals surface area contributed by atoms with E-state index in [-0.39, 0.29) is 0 Å². The van der Waals surface area contributed by atoms with E-state index >= 15 is 0 Å². The van der Waals surface area contributed by atoms with Crippen LogP contribution < -0.4 is 0 Å². The minimum absolute atomic E-state index is 0.350. The molecule has 0 unspecified atom stereocenters. The van der Waals surface area contributed by atoms with Crippen molar-refractivity contribution in [1.29, 1.82) is 0 Å². The zero-order valence-electron chi connectivity index (χ0n) is 5.40. The van der Waals surface area contributed by atoms with Gasteiger partial charge >= 0.3 is 0 Å². The molecule has 2 rings (SSSR count). The lowest BCUT2D eigenvalue weighted by molar-refractivity contribution is 0.198. The predicted molar refractivity (Wildman–Crippen MR) is 39.7 cm³/mol. The molecule has 0 fully saturated rings. The molecule has 2 aromatic heterocycles. The zero-order chi connectivity index (χ0) is 7.84. The summed E-state index contributed by atoms with van der Waals surface area (Å²) in [6.07, 6.45) is 2.77. The zero-order valence-corrected chi connectivity index (χ0v) is 6.15. The van der Waals surface area contributed by atoms with Crippen molar-refractivity contribution in [2.75, 3.05) is 0 Å². The van der Waals surface area contributed by atoms with Crippen LogP contribution in [0.15, 0.2) is 18.6 Å². The molecule has 2 heterocycles. The van der Waals surface area contributed by atoms with E-state index in [0.717, 1.165) is 4.73 Å². The Kier molecular flexibility index (Phi) is 1.22. The van der Waals surface area contributed by atoms with Crippen LogP contribution in [-0.2, 0) is 0 Å². The Morgan fingerprint density at radius 2 is 2.27 bits per heavy atom. The topological polar surface area (TPSA) is 50.9 Å². The van der Waals surface area contributed by atoms with Crippen molar-refractivity contribution in [1.82, 2.24) is 14.7 Å². The lowest BCUT2D eigenvalue weighted by Gasteiger charge is -1.92. The number of halogens is 1. The van der Waals surface area contributed by atoms with Crippen LogP contribution in [0.3, 0.4) is 0 Å². The summed E-state index contributed by atoms with van der Waals surface area (Å²) in [6, 6.07) is 1.65. The second-order valence-electron chi connectivity index (χ2n) is 2.06. The first-order chi connectivity index (χ1) is 5.29. The maximum atomic E-state index is 9.10. The second-order valence-corrected chi connectivity index (χ2v) is 2.42. The first kappa shape index (κ1) is 6.42. The highest BCUT2D eigenvalue weighted by Crippen LogP contribution is 2.18. The van der Waals surface area contributed by atoms with Crippen molar-refractivity contribution < 1.29 is 5.21 Å². The third kappa shape index (κ3) is 0.832. The number of rotatable bonds is 0. The van der Waals surface area contributed by atoms with Gasteiger partial charge in [-0.25, -0.2) is 9.97 Å². The van der Waals surface area contributed by atoms with E-state index in [0.29, 0.717) is 16.2 Å². The highest BCUT2D eigenvalue weighted by Gasteiger charge is 2.03. The smallest absolute Gasteiger partial charge is 0.179 e. The Hall–Kier alpha value is -1.29. The number of fused-ring (bicyclic) bond motifs is 1. The number of hydrogen-bond acceptors (Lipinski definition) is 3. The van der Waals surface area contributed by atoms with Crippen LogP contribution in [0.25, 0.3) is 11.0 Å². The van der Waals surface area contributed by atoms with Gasteiger partial charge in [0.2, 0.25) is 0 Å². The summed E-state index contributed by atoms with van der Waals surface area (Å²) in [5, 5.41) is 10.1. The minimum atomic E-state index is 0.350. The summed E-state index contributed by atoms with van der Waals surface area (Å²) < 4.78 is 0.906. The van der Waals surface area contributed by atoms with Gasteiger partial charge in [-0.1, -0.05) is 11.6 Å². The summed E-state index contributed by atoms with van der Waals surface area (Å²) in [5.41, 5.74) is 0.421. The first-order valence-corrected chi connectivity index (χ1v) is 3.33. The highest BCUT2D eigenvalue weighted by molar-refractivity contribution is 6.33. The average molecular weight is 170 g/mol. The lowest BCUT2D eigenvalue weighted by Crippen LogP contribution is -1.89. The van der Waals surface area contributed by atoms with E-state index in [4.69, 9.17) is 16.8 Å². The molecule has 0 atom stereocenters. The normalized spacial score (nSPS) is 10.6. The molecule has 0 saturated heterocycles. The van der Waals surface area contributed by atoms with Crippen LogP contribution in [0.2, 0.25) is 5.15 Å². The highest BCUT2D eigenvalue weighted by atomic mass is 35.5. The molecule has 11 heavy (non-hydrogen) atoms. The molecule has 0 aromatic carbocycles. The third-order valence-electron chi connectivity index (χ3n) is 1.41. The molecule has 0 spiro atoms. The molecule has 56 valence electrons. The van der Waals surface area contributed by atoms with Gasteiger partial charge < -0.3 is 5.21 Å². The quantitative estimate of drug-likeness (QED) is 0.478. The number of aromatic nitrogens is 3. The van der Waals surface area contributed by atoms with Gasteiger partial charge in [-0.05, 0) is 6.07 Å². The summed E-state index contributed by atoms with van der Waals surface area (Å²) in [6.45, 7) is 0. The predicted octanol–water partition coefficient (Wildman–Crippen LogP) is 1.32. The fourth-order valence-corrected chi connectivity index (χ4v) is 1.10. The Bertz CT molecular complexity index is 398. The van der Waals surface area contributed by atoms with E-state index in [1.807, 2.05) is 0 Å². The number of hydrogen-bond donors (Lipinski definition) is 1. The third-order valence-corrected chi connectivity index (χ3v) is 1.71. The Morgan fingerprint density at radius 1 is 1.45 bits per heavy atom. The lowest BCUT2D eigenvalue weighted by atomic mass is 10.4. The van der Waals surface area contributed by atoms with E-state index in [1.165, 1.54) is 12.5 Å². The Morgan fingerprint density at radius 3 is 3.00 bits per heavy atom.